The number of carbonyl (C=O) groups is 1. The maximum absolute atomic E-state index is 11.7. The second kappa shape index (κ2) is 7.50. The zero-order valence-electron chi connectivity index (χ0n) is 13.0. The molecule has 0 saturated carbocycles. The summed E-state index contributed by atoms with van der Waals surface area (Å²) >= 11 is 0. The third kappa shape index (κ3) is 4.13. The Balaban J connectivity index is 2.22. The van der Waals surface area contributed by atoms with Crippen molar-refractivity contribution in [2.24, 2.45) is 0 Å². The molecule has 0 unspecified atom stereocenters. The van der Waals surface area contributed by atoms with Gasteiger partial charge in [0.05, 0.1) is 18.1 Å². The van der Waals surface area contributed by atoms with E-state index in [1.807, 2.05) is 0 Å². The normalized spacial score (nSPS) is 10.5. The fourth-order valence-electron chi connectivity index (χ4n) is 2.19. The Kier molecular flexibility index (Phi) is 5.42. The van der Waals surface area contributed by atoms with Gasteiger partial charge in [-0.1, -0.05) is 12.1 Å². The number of anilines is 1. The highest BCUT2D eigenvalue weighted by Gasteiger charge is 2.15. The maximum atomic E-state index is 11.7. The van der Waals surface area contributed by atoms with Gasteiger partial charge < -0.3 is 15.4 Å². The van der Waals surface area contributed by atoms with Crippen molar-refractivity contribution in [3.05, 3.63) is 40.1 Å². The highest BCUT2D eigenvalue weighted by Crippen LogP contribution is 2.29. The number of aromatic nitrogens is 1. The standard InChI is InChI=1S/C15H18N4O4/c1-10-8-12(17-9-14(20)16-6-7-23-2)11-4-3-5-13(19(21)22)15(11)18-10/h3-5,8H,6-7,9H2,1-2H3,(H,16,20)(H,17,18). The van der Waals surface area contributed by atoms with E-state index in [1.54, 1.807) is 32.2 Å². The molecule has 0 bridgehead atoms. The summed E-state index contributed by atoms with van der Waals surface area (Å²) in [7, 11) is 1.56. The molecule has 1 heterocycles. The molecule has 0 aliphatic heterocycles. The van der Waals surface area contributed by atoms with Crippen LogP contribution in [0.25, 0.3) is 10.9 Å². The van der Waals surface area contributed by atoms with Crippen molar-refractivity contribution in [3.63, 3.8) is 0 Å². The first-order valence-electron chi connectivity index (χ1n) is 7.07. The van der Waals surface area contributed by atoms with E-state index in [-0.39, 0.29) is 18.1 Å². The van der Waals surface area contributed by atoms with Gasteiger partial charge in [0.1, 0.15) is 0 Å². The summed E-state index contributed by atoms with van der Waals surface area (Å²) in [5, 5.41) is 17.4. The van der Waals surface area contributed by atoms with Crippen LogP contribution in [0.4, 0.5) is 11.4 Å². The zero-order chi connectivity index (χ0) is 16.8. The molecule has 2 aromatic rings. The summed E-state index contributed by atoms with van der Waals surface area (Å²) in [6.45, 7) is 2.68. The van der Waals surface area contributed by atoms with Crippen LogP contribution in [0.5, 0.6) is 0 Å². The number of para-hydroxylation sites is 1. The fraction of sp³-hybridized carbons (Fsp3) is 0.333. The van der Waals surface area contributed by atoms with E-state index in [1.165, 1.54) is 6.07 Å². The molecule has 2 rings (SSSR count). The third-order valence-electron chi connectivity index (χ3n) is 3.21. The Morgan fingerprint density at radius 3 is 2.91 bits per heavy atom. The predicted molar refractivity (Wildman–Crippen MR) is 86.5 cm³/mol. The van der Waals surface area contributed by atoms with Gasteiger partial charge in [-0.15, -0.1) is 0 Å². The fourth-order valence-corrected chi connectivity index (χ4v) is 2.19. The molecule has 0 saturated heterocycles. The second-order valence-electron chi connectivity index (χ2n) is 4.94. The number of fused-ring (bicyclic) bond motifs is 1. The number of amides is 1. The number of pyridine rings is 1. The van der Waals surface area contributed by atoms with Crippen molar-refractivity contribution in [2.75, 3.05) is 32.1 Å². The van der Waals surface area contributed by atoms with Gasteiger partial charge in [-0.2, -0.15) is 0 Å². The highest BCUT2D eigenvalue weighted by atomic mass is 16.6. The first-order valence-corrected chi connectivity index (χ1v) is 7.07. The number of nitrogens with zero attached hydrogens (tertiary/aromatic N) is 2. The number of nitrogens with one attached hydrogen (secondary N) is 2. The Labute approximate surface area is 133 Å². The molecule has 1 aromatic carbocycles. The summed E-state index contributed by atoms with van der Waals surface area (Å²) in [4.78, 5) is 26.6. The van der Waals surface area contributed by atoms with Crippen LogP contribution in [0.15, 0.2) is 24.3 Å². The van der Waals surface area contributed by atoms with Gasteiger partial charge in [-0.3, -0.25) is 14.9 Å². The molecule has 1 amide bonds. The number of aryl methyl sites for hydroxylation is 1. The van der Waals surface area contributed by atoms with Gasteiger partial charge in [0, 0.05) is 36.5 Å². The molecular formula is C15H18N4O4. The molecule has 0 fully saturated rings. The summed E-state index contributed by atoms with van der Waals surface area (Å²) in [6.07, 6.45) is 0. The molecule has 122 valence electrons. The van der Waals surface area contributed by atoms with E-state index in [0.29, 0.717) is 35.4 Å². The van der Waals surface area contributed by atoms with Crippen molar-refractivity contribution in [1.82, 2.24) is 10.3 Å². The summed E-state index contributed by atoms with van der Waals surface area (Å²) in [5.74, 6) is -0.185. The van der Waals surface area contributed by atoms with Crippen molar-refractivity contribution >= 4 is 28.2 Å². The summed E-state index contributed by atoms with van der Waals surface area (Å²) in [6, 6.07) is 6.51. The van der Waals surface area contributed by atoms with Crippen LogP contribution < -0.4 is 10.6 Å². The van der Waals surface area contributed by atoms with Gasteiger partial charge in [0.15, 0.2) is 5.52 Å². The molecular weight excluding hydrogens is 300 g/mol. The molecule has 8 nitrogen and oxygen atoms in total. The van der Waals surface area contributed by atoms with E-state index >= 15 is 0 Å². The number of benzene rings is 1. The number of non-ortho nitro benzene ring substituents is 1. The lowest BCUT2D eigenvalue weighted by molar-refractivity contribution is -0.383. The topological polar surface area (TPSA) is 106 Å². The number of hydrogen-bond donors (Lipinski definition) is 2. The maximum Gasteiger partial charge on any atom is 0.295 e. The number of nitro groups is 1. The largest absolute Gasteiger partial charge is 0.383 e. The summed E-state index contributed by atoms with van der Waals surface area (Å²) in [5.41, 5.74) is 1.52. The lowest BCUT2D eigenvalue weighted by atomic mass is 10.1. The Morgan fingerprint density at radius 2 is 2.22 bits per heavy atom. The minimum Gasteiger partial charge on any atom is -0.383 e. The first kappa shape index (κ1) is 16.6. The van der Waals surface area contributed by atoms with Gasteiger partial charge in [-0.05, 0) is 13.0 Å². The van der Waals surface area contributed by atoms with E-state index in [4.69, 9.17) is 4.74 Å². The number of ether oxygens (including phenoxy) is 1. The number of rotatable bonds is 7. The lowest BCUT2D eigenvalue weighted by Crippen LogP contribution is -2.32. The average molecular weight is 318 g/mol. The highest BCUT2D eigenvalue weighted by molar-refractivity contribution is 5.97. The Bertz CT molecular complexity index is 733. The minimum absolute atomic E-state index is 0.0567. The second-order valence-corrected chi connectivity index (χ2v) is 4.94. The Hall–Kier alpha value is -2.74. The first-order chi connectivity index (χ1) is 11.0. The van der Waals surface area contributed by atoms with E-state index in [2.05, 4.69) is 15.6 Å². The van der Waals surface area contributed by atoms with Gasteiger partial charge in [0.25, 0.3) is 5.69 Å². The van der Waals surface area contributed by atoms with Crippen molar-refractivity contribution in [2.45, 2.75) is 6.92 Å². The number of hydrogen-bond acceptors (Lipinski definition) is 6. The minimum atomic E-state index is -0.462. The van der Waals surface area contributed by atoms with Crippen LogP contribution in [0.3, 0.4) is 0 Å². The third-order valence-corrected chi connectivity index (χ3v) is 3.21. The van der Waals surface area contributed by atoms with Crippen molar-refractivity contribution < 1.29 is 14.5 Å². The van der Waals surface area contributed by atoms with Crippen LogP contribution in [0.2, 0.25) is 0 Å². The number of methoxy groups -OCH3 is 1. The van der Waals surface area contributed by atoms with Crippen molar-refractivity contribution in [1.29, 1.82) is 0 Å². The van der Waals surface area contributed by atoms with E-state index < -0.39 is 4.92 Å². The molecule has 0 radical (unpaired) electrons. The van der Waals surface area contributed by atoms with Crippen molar-refractivity contribution in [3.8, 4) is 0 Å². The molecule has 0 atom stereocenters. The summed E-state index contributed by atoms with van der Waals surface area (Å²) < 4.78 is 4.86. The SMILES string of the molecule is COCCNC(=O)CNc1cc(C)nc2c([N+](=O)[O-])cccc12. The van der Waals surface area contributed by atoms with Gasteiger partial charge in [0.2, 0.25) is 5.91 Å². The molecule has 0 spiro atoms. The van der Waals surface area contributed by atoms with Crippen LogP contribution in [-0.4, -0.2) is 42.6 Å². The number of nitro benzene ring substituents is 1. The van der Waals surface area contributed by atoms with Crippen LogP contribution in [0.1, 0.15) is 5.69 Å². The molecule has 1 aromatic heterocycles. The van der Waals surface area contributed by atoms with E-state index in [0.717, 1.165) is 0 Å². The molecule has 0 aliphatic carbocycles. The zero-order valence-corrected chi connectivity index (χ0v) is 13.0. The monoisotopic (exact) mass is 318 g/mol. The van der Waals surface area contributed by atoms with Crippen LogP contribution in [-0.2, 0) is 9.53 Å². The molecule has 23 heavy (non-hydrogen) atoms. The smallest absolute Gasteiger partial charge is 0.295 e. The lowest BCUT2D eigenvalue weighted by Gasteiger charge is -2.11. The van der Waals surface area contributed by atoms with Gasteiger partial charge >= 0.3 is 0 Å². The Morgan fingerprint density at radius 1 is 1.43 bits per heavy atom. The quantitative estimate of drug-likeness (QED) is 0.456. The van der Waals surface area contributed by atoms with E-state index in [9.17, 15) is 14.9 Å². The number of carbonyl (C=O) groups excluding carboxylic acids is 1. The average Bonchev–Trinajstić information content (AvgIpc) is 2.52. The molecule has 2 N–H and O–H groups in total. The van der Waals surface area contributed by atoms with Crippen LogP contribution in [0, 0.1) is 17.0 Å². The predicted octanol–water partition coefficient (Wildman–Crippen LogP) is 1.63. The molecule has 8 heteroatoms. The van der Waals surface area contributed by atoms with Gasteiger partial charge in [-0.25, -0.2) is 4.98 Å². The molecule has 0 aliphatic rings. The van der Waals surface area contributed by atoms with Crippen LogP contribution >= 0.6 is 0 Å².